The molecule has 0 saturated carbocycles. The summed E-state index contributed by atoms with van der Waals surface area (Å²) in [5, 5.41) is 11.7. The number of nitrogens with zero attached hydrogens (tertiary/aromatic N) is 1. The first-order chi connectivity index (χ1) is 10.2. The van der Waals surface area contributed by atoms with E-state index in [-0.39, 0.29) is 23.8 Å². The number of rotatable bonds is 6. The lowest BCUT2D eigenvalue weighted by Crippen LogP contribution is -2.38. The Labute approximate surface area is 132 Å². The maximum Gasteiger partial charge on any atom is 0.253 e. The van der Waals surface area contributed by atoms with E-state index in [1.54, 1.807) is 29.2 Å². The minimum absolute atomic E-state index is 0.0127. The summed E-state index contributed by atoms with van der Waals surface area (Å²) in [6, 6.07) is 6.86. The molecule has 5 nitrogen and oxygen atoms in total. The molecule has 0 fully saturated rings. The van der Waals surface area contributed by atoms with Crippen LogP contribution >= 0.6 is 0 Å². The van der Waals surface area contributed by atoms with Crippen molar-refractivity contribution in [2.75, 3.05) is 25.0 Å². The molecule has 0 radical (unpaired) electrons. The first-order valence-electron chi connectivity index (χ1n) is 7.51. The fourth-order valence-corrected chi connectivity index (χ4v) is 2.17. The Balaban J connectivity index is 2.85. The van der Waals surface area contributed by atoms with E-state index >= 15 is 0 Å². The van der Waals surface area contributed by atoms with Gasteiger partial charge in [0, 0.05) is 37.9 Å². The number of aliphatic hydroxyl groups is 1. The molecule has 2 amide bonds. The summed E-state index contributed by atoms with van der Waals surface area (Å²) >= 11 is 0. The first-order valence-corrected chi connectivity index (χ1v) is 7.51. The van der Waals surface area contributed by atoms with E-state index in [0.29, 0.717) is 30.8 Å². The van der Waals surface area contributed by atoms with Gasteiger partial charge in [-0.25, -0.2) is 0 Å². The highest BCUT2D eigenvalue weighted by Crippen LogP contribution is 2.18. The Morgan fingerprint density at radius 2 is 1.77 bits per heavy atom. The number of hydrogen-bond donors (Lipinski definition) is 2. The Morgan fingerprint density at radius 3 is 2.23 bits per heavy atom. The number of nitrogens with one attached hydrogen (secondary N) is 1. The number of hydrogen-bond acceptors (Lipinski definition) is 3. The van der Waals surface area contributed by atoms with Crippen LogP contribution in [0.3, 0.4) is 0 Å². The SMILES string of the molecule is CC(=O)Nc1ccc(C(=O)N(CCCO)CC(C)(C)C)cc1. The monoisotopic (exact) mass is 306 g/mol. The fraction of sp³-hybridized carbons (Fsp3) is 0.529. The van der Waals surface area contributed by atoms with Crippen LogP contribution < -0.4 is 5.32 Å². The maximum absolute atomic E-state index is 12.6. The topological polar surface area (TPSA) is 69.6 Å². The molecule has 0 aliphatic heterocycles. The van der Waals surface area contributed by atoms with Crippen molar-refractivity contribution < 1.29 is 14.7 Å². The second-order valence-corrected chi connectivity index (χ2v) is 6.62. The standard InChI is InChI=1S/C17H26N2O3/c1-13(21)18-15-8-6-14(7-9-15)16(22)19(10-5-11-20)12-17(2,3)4/h6-9,20H,5,10-12H2,1-4H3,(H,18,21). The molecule has 2 N–H and O–H groups in total. The highest BCUT2D eigenvalue weighted by Gasteiger charge is 2.21. The first kappa shape index (κ1) is 18.2. The molecule has 0 atom stereocenters. The summed E-state index contributed by atoms with van der Waals surface area (Å²) in [6.07, 6.45) is 0.561. The highest BCUT2D eigenvalue weighted by molar-refractivity contribution is 5.95. The molecule has 0 aromatic heterocycles. The predicted molar refractivity (Wildman–Crippen MR) is 87.8 cm³/mol. The smallest absolute Gasteiger partial charge is 0.253 e. The molecular formula is C17H26N2O3. The van der Waals surface area contributed by atoms with Crippen LogP contribution in [-0.2, 0) is 4.79 Å². The number of carbonyl (C=O) groups excluding carboxylic acids is 2. The molecular weight excluding hydrogens is 280 g/mol. The van der Waals surface area contributed by atoms with E-state index in [9.17, 15) is 9.59 Å². The van der Waals surface area contributed by atoms with Crippen LogP contribution in [-0.4, -0.2) is 41.5 Å². The van der Waals surface area contributed by atoms with Gasteiger partial charge in [0.15, 0.2) is 0 Å². The lowest BCUT2D eigenvalue weighted by atomic mass is 9.95. The Morgan fingerprint density at radius 1 is 1.18 bits per heavy atom. The lowest BCUT2D eigenvalue weighted by molar-refractivity contribution is -0.114. The highest BCUT2D eigenvalue weighted by atomic mass is 16.3. The second-order valence-electron chi connectivity index (χ2n) is 6.62. The van der Waals surface area contributed by atoms with E-state index in [4.69, 9.17) is 5.11 Å². The van der Waals surface area contributed by atoms with Crippen molar-refractivity contribution in [2.45, 2.75) is 34.1 Å². The Kier molecular flexibility index (Phi) is 6.56. The third-order valence-corrected chi connectivity index (χ3v) is 2.99. The lowest BCUT2D eigenvalue weighted by Gasteiger charge is -2.30. The normalized spacial score (nSPS) is 11.1. The van der Waals surface area contributed by atoms with Gasteiger partial charge in [-0.3, -0.25) is 9.59 Å². The predicted octanol–water partition coefficient (Wildman–Crippen LogP) is 2.52. The molecule has 122 valence electrons. The average Bonchev–Trinajstić information content (AvgIpc) is 2.41. The van der Waals surface area contributed by atoms with Gasteiger partial charge in [0.1, 0.15) is 0 Å². The summed E-state index contributed by atoms with van der Waals surface area (Å²) in [7, 11) is 0. The number of anilines is 1. The third-order valence-electron chi connectivity index (χ3n) is 2.99. The largest absolute Gasteiger partial charge is 0.396 e. The van der Waals surface area contributed by atoms with E-state index in [2.05, 4.69) is 26.1 Å². The zero-order valence-corrected chi connectivity index (χ0v) is 13.8. The van der Waals surface area contributed by atoms with Crippen LogP contribution in [0.25, 0.3) is 0 Å². The Hall–Kier alpha value is -1.88. The molecule has 1 rings (SSSR count). The van der Waals surface area contributed by atoms with Gasteiger partial charge in [0.25, 0.3) is 5.91 Å². The van der Waals surface area contributed by atoms with Gasteiger partial charge in [-0.15, -0.1) is 0 Å². The van der Waals surface area contributed by atoms with Gasteiger partial charge < -0.3 is 15.3 Å². The number of carbonyl (C=O) groups is 2. The number of amides is 2. The fourth-order valence-electron chi connectivity index (χ4n) is 2.17. The Bertz CT molecular complexity index is 504. The number of benzene rings is 1. The summed E-state index contributed by atoms with van der Waals surface area (Å²) < 4.78 is 0. The molecule has 0 aliphatic carbocycles. The summed E-state index contributed by atoms with van der Waals surface area (Å²) in [5.41, 5.74) is 1.24. The second kappa shape index (κ2) is 7.94. The van der Waals surface area contributed by atoms with E-state index < -0.39 is 0 Å². The third kappa shape index (κ3) is 6.26. The molecule has 0 saturated heterocycles. The van der Waals surface area contributed by atoms with Crippen LogP contribution in [0.1, 0.15) is 44.5 Å². The van der Waals surface area contributed by atoms with Crippen LogP contribution in [0.15, 0.2) is 24.3 Å². The maximum atomic E-state index is 12.6. The average molecular weight is 306 g/mol. The van der Waals surface area contributed by atoms with Crippen molar-refractivity contribution in [3.05, 3.63) is 29.8 Å². The van der Waals surface area contributed by atoms with E-state index in [1.165, 1.54) is 6.92 Å². The molecule has 22 heavy (non-hydrogen) atoms. The molecule has 0 spiro atoms. The van der Waals surface area contributed by atoms with Gasteiger partial charge >= 0.3 is 0 Å². The van der Waals surface area contributed by atoms with E-state index in [0.717, 1.165) is 0 Å². The van der Waals surface area contributed by atoms with E-state index in [1.807, 2.05) is 0 Å². The van der Waals surface area contributed by atoms with Crippen molar-refractivity contribution >= 4 is 17.5 Å². The molecule has 0 heterocycles. The van der Waals surface area contributed by atoms with Crippen LogP contribution in [0.4, 0.5) is 5.69 Å². The summed E-state index contributed by atoms with van der Waals surface area (Å²) in [5.74, 6) is -0.200. The summed E-state index contributed by atoms with van der Waals surface area (Å²) in [6.45, 7) is 8.89. The molecule has 0 bridgehead atoms. The molecule has 1 aromatic rings. The molecule has 0 aliphatic rings. The zero-order valence-electron chi connectivity index (χ0n) is 13.8. The van der Waals surface area contributed by atoms with Gasteiger partial charge in [-0.2, -0.15) is 0 Å². The van der Waals surface area contributed by atoms with Crippen molar-refractivity contribution in [1.82, 2.24) is 4.90 Å². The van der Waals surface area contributed by atoms with Gasteiger partial charge in [-0.05, 0) is 36.1 Å². The van der Waals surface area contributed by atoms with Crippen LogP contribution in [0.5, 0.6) is 0 Å². The summed E-state index contributed by atoms with van der Waals surface area (Å²) in [4.78, 5) is 25.4. The van der Waals surface area contributed by atoms with Crippen molar-refractivity contribution in [1.29, 1.82) is 0 Å². The van der Waals surface area contributed by atoms with Crippen molar-refractivity contribution in [3.8, 4) is 0 Å². The minimum atomic E-state index is -0.142. The van der Waals surface area contributed by atoms with Crippen molar-refractivity contribution in [2.24, 2.45) is 5.41 Å². The van der Waals surface area contributed by atoms with Gasteiger partial charge in [0.05, 0.1) is 0 Å². The molecule has 1 aromatic carbocycles. The zero-order chi connectivity index (χ0) is 16.8. The van der Waals surface area contributed by atoms with Gasteiger partial charge in [-0.1, -0.05) is 20.8 Å². The van der Waals surface area contributed by atoms with Crippen LogP contribution in [0, 0.1) is 5.41 Å². The van der Waals surface area contributed by atoms with Crippen molar-refractivity contribution in [3.63, 3.8) is 0 Å². The molecule has 0 unspecified atom stereocenters. The van der Waals surface area contributed by atoms with Crippen LogP contribution in [0.2, 0.25) is 0 Å². The quantitative estimate of drug-likeness (QED) is 0.848. The number of aliphatic hydroxyl groups excluding tert-OH is 1. The minimum Gasteiger partial charge on any atom is -0.396 e. The molecule has 5 heteroatoms. The van der Waals surface area contributed by atoms with Gasteiger partial charge in [0.2, 0.25) is 5.91 Å².